The molecule has 148 valence electrons. The Morgan fingerprint density at radius 2 is 1.93 bits per heavy atom. The number of amides is 2. The molecule has 27 heavy (non-hydrogen) atoms. The number of hydrogen-bond acceptors (Lipinski definition) is 4. The maximum Gasteiger partial charge on any atom is 0.240 e. The first kappa shape index (κ1) is 19.8. The van der Waals surface area contributed by atoms with Crippen LogP contribution in [0.3, 0.4) is 0 Å². The van der Waals surface area contributed by atoms with Gasteiger partial charge in [0, 0.05) is 52.8 Å². The number of aryl methyl sites for hydroxylation is 1. The third-order valence-electron chi connectivity index (χ3n) is 5.63. The fourth-order valence-electron chi connectivity index (χ4n) is 4.04. The van der Waals surface area contributed by atoms with E-state index in [2.05, 4.69) is 17.0 Å². The minimum Gasteiger partial charge on any atom is -0.383 e. The molecule has 6 nitrogen and oxygen atoms in total. The van der Waals surface area contributed by atoms with Gasteiger partial charge in [0.2, 0.25) is 11.8 Å². The molecule has 1 atom stereocenters. The molecule has 0 bridgehead atoms. The number of likely N-dealkylation sites (tertiary alicyclic amines) is 1. The molecule has 0 spiro atoms. The highest BCUT2D eigenvalue weighted by Crippen LogP contribution is 2.19. The van der Waals surface area contributed by atoms with Gasteiger partial charge >= 0.3 is 0 Å². The highest BCUT2D eigenvalue weighted by atomic mass is 16.5. The number of benzene rings is 1. The molecule has 6 heteroatoms. The van der Waals surface area contributed by atoms with Gasteiger partial charge in [-0.15, -0.1) is 0 Å². The summed E-state index contributed by atoms with van der Waals surface area (Å²) in [6, 6.07) is 10.1. The number of methoxy groups -OCH3 is 1. The Kier molecular flexibility index (Phi) is 7.24. The van der Waals surface area contributed by atoms with Gasteiger partial charge in [-0.25, -0.2) is 0 Å². The maximum absolute atomic E-state index is 12.6. The molecule has 1 unspecified atom stereocenters. The molecule has 3 rings (SSSR count). The minimum atomic E-state index is -0.0266. The number of carbonyl (C=O) groups excluding carboxylic acids is 2. The summed E-state index contributed by atoms with van der Waals surface area (Å²) in [5.41, 5.74) is 1.20. The second kappa shape index (κ2) is 9.85. The van der Waals surface area contributed by atoms with Crippen molar-refractivity contribution >= 4 is 11.8 Å². The van der Waals surface area contributed by atoms with Crippen molar-refractivity contribution in [3.05, 3.63) is 35.9 Å². The van der Waals surface area contributed by atoms with E-state index in [-0.39, 0.29) is 17.9 Å². The molecule has 2 amide bonds. The molecular formula is C21H31N3O3. The molecule has 0 radical (unpaired) electrons. The summed E-state index contributed by atoms with van der Waals surface area (Å²) < 4.78 is 5.10. The van der Waals surface area contributed by atoms with Gasteiger partial charge in [-0.2, -0.15) is 0 Å². The van der Waals surface area contributed by atoms with Crippen LogP contribution in [0.5, 0.6) is 0 Å². The monoisotopic (exact) mass is 373 g/mol. The van der Waals surface area contributed by atoms with E-state index in [4.69, 9.17) is 4.74 Å². The van der Waals surface area contributed by atoms with Crippen LogP contribution in [0, 0.1) is 0 Å². The molecule has 2 fully saturated rings. The van der Waals surface area contributed by atoms with E-state index < -0.39 is 0 Å². The van der Waals surface area contributed by atoms with E-state index in [1.165, 1.54) is 5.56 Å². The number of nitrogens with zero attached hydrogens (tertiary/aromatic N) is 3. The average Bonchev–Trinajstić information content (AvgIpc) is 2.90. The standard InChI is InChI=1S/C21H31N3O3/c1-27-17-16-24-13-10-19(21(24)26)22-11-5-12-23(15-14-22)20(25)9-8-18-6-3-2-4-7-18/h2-4,6-7,19H,5,8-17H2,1H3. The number of hydrogen-bond donors (Lipinski definition) is 0. The van der Waals surface area contributed by atoms with Crippen molar-refractivity contribution in [2.75, 3.05) is 53.0 Å². The molecule has 0 N–H and O–H groups in total. The molecule has 2 aliphatic rings. The normalized spacial score (nSPS) is 21.5. The van der Waals surface area contributed by atoms with Crippen molar-refractivity contribution < 1.29 is 14.3 Å². The van der Waals surface area contributed by atoms with Crippen LogP contribution >= 0.6 is 0 Å². The van der Waals surface area contributed by atoms with E-state index >= 15 is 0 Å². The number of ether oxygens (including phenoxy) is 1. The van der Waals surface area contributed by atoms with Gasteiger partial charge in [0.1, 0.15) is 0 Å². The Morgan fingerprint density at radius 3 is 2.70 bits per heavy atom. The van der Waals surface area contributed by atoms with Crippen LogP contribution in [0.1, 0.15) is 24.8 Å². The Labute approximate surface area is 162 Å². The van der Waals surface area contributed by atoms with Crippen molar-refractivity contribution in [3.8, 4) is 0 Å². The van der Waals surface area contributed by atoms with E-state index in [1.54, 1.807) is 7.11 Å². The zero-order valence-electron chi connectivity index (χ0n) is 16.3. The second-order valence-electron chi connectivity index (χ2n) is 7.38. The Morgan fingerprint density at radius 1 is 1.11 bits per heavy atom. The zero-order chi connectivity index (χ0) is 19.1. The highest BCUT2D eigenvalue weighted by Gasteiger charge is 2.36. The minimum absolute atomic E-state index is 0.0266. The summed E-state index contributed by atoms with van der Waals surface area (Å²) >= 11 is 0. The van der Waals surface area contributed by atoms with Crippen molar-refractivity contribution in [1.82, 2.24) is 14.7 Å². The Hall–Kier alpha value is -1.92. The van der Waals surface area contributed by atoms with Crippen molar-refractivity contribution in [2.24, 2.45) is 0 Å². The van der Waals surface area contributed by atoms with Crippen molar-refractivity contribution in [3.63, 3.8) is 0 Å². The first-order chi connectivity index (χ1) is 13.2. The topological polar surface area (TPSA) is 53.1 Å². The van der Waals surface area contributed by atoms with E-state index in [0.717, 1.165) is 52.0 Å². The van der Waals surface area contributed by atoms with Crippen LogP contribution in [0.2, 0.25) is 0 Å². The number of rotatable bonds is 7. The molecule has 0 saturated carbocycles. The SMILES string of the molecule is COCCN1CCC(N2CCCN(C(=O)CCc3ccccc3)CC2)C1=O. The van der Waals surface area contributed by atoms with Gasteiger partial charge in [-0.1, -0.05) is 30.3 Å². The summed E-state index contributed by atoms with van der Waals surface area (Å²) in [4.78, 5) is 31.4. The lowest BCUT2D eigenvalue weighted by molar-refractivity contribution is -0.132. The van der Waals surface area contributed by atoms with Crippen LogP contribution in [0.15, 0.2) is 30.3 Å². The van der Waals surface area contributed by atoms with Crippen LogP contribution in [-0.2, 0) is 20.7 Å². The van der Waals surface area contributed by atoms with Crippen molar-refractivity contribution in [1.29, 1.82) is 0 Å². The molecule has 2 aliphatic heterocycles. The Bertz CT molecular complexity index is 622. The second-order valence-corrected chi connectivity index (χ2v) is 7.38. The van der Waals surface area contributed by atoms with Crippen LogP contribution in [0.25, 0.3) is 0 Å². The zero-order valence-corrected chi connectivity index (χ0v) is 16.3. The molecule has 2 saturated heterocycles. The predicted molar refractivity (Wildman–Crippen MR) is 104 cm³/mol. The van der Waals surface area contributed by atoms with Crippen LogP contribution in [-0.4, -0.2) is 85.5 Å². The number of carbonyl (C=O) groups is 2. The fraction of sp³-hybridized carbons (Fsp3) is 0.619. The van der Waals surface area contributed by atoms with E-state index in [1.807, 2.05) is 28.0 Å². The molecule has 0 aliphatic carbocycles. The third kappa shape index (κ3) is 5.30. The summed E-state index contributed by atoms with van der Waals surface area (Å²) in [6.07, 6.45) is 3.15. The van der Waals surface area contributed by atoms with Gasteiger partial charge in [0.05, 0.1) is 12.6 Å². The predicted octanol–water partition coefficient (Wildman–Crippen LogP) is 1.40. The quantitative estimate of drug-likeness (QED) is 0.725. The van der Waals surface area contributed by atoms with Crippen LogP contribution in [0.4, 0.5) is 0 Å². The van der Waals surface area contributed by atoms with Gasteiger partial charge in [0.25, 0.3) is 0 Å². The van der Waals surface area contributed by atoms with Crippen LogP contribution < -0.4 is 0 Å². The largest absolute Gasteiger partial charge is 0.383 e. The molecule has 0 aromatic heterocycles. The average molecular weight is 373 g/mol. The van der Waals surface area contributed by atoms with Gasteiger partial charge in [-0.3, -0.25) is 14.5 Å². The summed E-state index contributed by atoms with van der Waals surface area (Å²) in [7, 11) is 1.66. The van der Waals surface area contributed by atoms with Crippen molar-refractivity contribution in [2.45, 2.75) is 31.7 Å². The lowest BCUT2D eigenvalue weighted by Crippen LogP contribution is -2.44. The smallest absolute Gasteiger partial charge is 0.240 e. The van der Waals surface area contributed by atoms with Gasteiger partial charge in [-0.05, 0) is 24.8 Å². The van der Waals surface area contributed by atoms with E-state index in [0.29, 0.717) is 19.6 Å². The van der Waals surface area contributed by atoms with Gasteiger partial charge in [0.15, 0.2) is 0 Å². The van der Waals surface area contributed by atoms with Gasteiger partial charge < -0.3 is 14.5 Å². The summed E-state index contributed by atoms with van der Waals surface area (Å²) in [5, 5.41) is 0. The summed E-state index contributed by atoms with van der Waals surface area (Å²) in [5.74, 6) is 0.441. The molecule has 1 aromatic rings. The summed E-state index contributed by atoms with van der Waals surface area (Å²) in [6.45, 7) is 5.24. The first-order valence-corrected chi connectivity index (χ1v) is 10.0. The lowest BCUT2D eigenvalue weighted by Gasteiger charge is -2.26. The fourth-order valence-corrected chi connectivity index (χ4v) is 4.04. The molecular weight excluding hydrogens is 342 g/mol. The molecule has 1 aromatic carbocycles. The first-order valence-electron chi connectivity index (χ1n) is 10.0. The Balaban J connectivity index is 1.47. The lowest BCUT2D eigenvalue weighted by atomic mass is 10.1. The maximum atomic E-state index is 12.6. The highest BCUT2D eigenvalue weighted by molar-refractivity contribution is 5.84. The molecule has 2 heterocycles. The third-order valence-corrected chi connectivity index (χ3v) is 5.63. The van der Waals surface area contributed by atoms with E-state index in [9.17, 15) is 9.59 Å².